The van der Waals surface area contributed by atoms with E-state index in [-0.39, 0.29) is 42.8 Å². The molecule has 4 aromatic rings. The molecule has 1 saturated carbocycles. The Hall–Kier alpha value is -3.80. The zero-order chi connectivity index (χ0) is 28.6. The summed E-state index contributed by atoms with van der Waals surface area (Å²) in [6, 6.07) is 12.4. The summed E-state index contributed by atoms with van der Waals surface area (Å²) in [6.45, 7) is 1.76. The van der Waals surface area contributed by atoms with Crippen LogP contribution in [-0.2, 0) is 31.9 Å². The zero-order valence-electron chi connectivity index (χ0n) is 22.1. The Morgan fingerprint density at radius 3 is 2.39 bits per heavy atom. The second kappa shape index (κ2) is 11.2. The lowest BCUT2D eigenvalue weighted by molar-refractivity contribution is -0.204. The molecule has 4 aromatic heterocycles. The number of aliphatic hydroxyl groups excluding tert-OH is 1. The van der Waals surface area contributed by atoms with Crippen molar-refractivity contribution < 1.29 is 33.3 Å². The zero-order valence-corrected chi connectivity index (χ0v) is 23.7. The van der Waals surface area contributed by atoms with E-state index in [9.17, 15) is 19.5 Å². The normalized spacial score (nSPS) is 24.9. The molecule has 1 fully saturated rings. The molecule has 0 aromatic carbocycles. The number of pyridine rings is 1. The lowest BCUT2D eigenvalue weighted by atomic mass is 9.67. The second-order valence-electron chi connectivity index (χ2n) is 10.3. The molecule has 0 saturated heterocycles. The van der Waals surface area contributed by atoms with Gasteiger partial charge < -0.3 is 23.7 Å². The van der Waals surface area contributed by atoms with E-state index in [0.29, 0.717) is 5.56 Å². The summed E-state index contributed by atoms with van der Waals surface area (Å²) in [4.78, 5) is 44.7. The summed E-state index contributed by atoms with van der Waals surface area (Å²) in [5, 5.41) is 15.3. The van der Waals surface area contributed by atoms with Crippen LogP contribution in [0, 0.1) is 5.92 Å². The van der Waals surface area contributed by atoms with Gasteiger partial charge in [0, 0.05) is 46.1 Å². The average molecular weight is 594 g/mol. The molecule has 11 heteroatoms. The fourth-order valence-corrected chi connectivity index (χ4v) is 7.01. The number of esters is 2. The molecule has 1 aliphatic carbocycles. The monoisotopic (exact) mass is 593 g/mol. The molecule has 1 N–H and O–H groups in total. The number of ether oxygens (including phenoxy) is 3. The first-order chi connectivity index (χ1) is 19.8. The van der Waals surface area contributed by atoms with E-state index >= 15 is 0 Å². The van der Waals surface area contributed by atoms with Gasteiger partial charge in [0.2, 0.25) is 0 Å². The van der Waals surface area contributed by atoms with Crippen LogP contribution in [0.5, 0.6) is 5.75 Å². The molecular formula is C30H27NO8S2. The summed E-state index contributed by atoms with van der Waals surface area (Å²) in [5.74, 6) is -1.22. The van der Waals surface area contributed by atoms with E-state index in [0.717, 1.165) is 9.75 Å². The van der Waals surface area contributed by atoms with Crippen LogP contribution in [0.15, 0.2) is 74.8 Å². The number of carbonyl (C=O) groups excluding carboxylic acids is 2. The van der Waals surface area contributed by atoms with Gasteiger partial charge >= 0.3 is 17.6 Å². The molecule has 5 heterocycles. The highest BCUT2D eigenvalue weighted by Gasteiger charge is 2.58. The van der Waals surface area contributed by atoms with Crippen LogP contribution in [-0.4, -0.2) is 39.8 Å². The first-order valence-electron chi connectivity index (χ1n) is 13.2. The van der Waals surface area contributed by atoms with Gasteiger partial charge in [0.1, 0.15) is 34.9 Å². The number of rotatable bonds is 7. The molecule has 0 amide bonds. The molecule has 0 radical (unpaired) electrons. The van der Waals surface area contributed by atoms with E-state index in [1.54, 1.807) is 37.5 Å². The van der Waals surface area contributed by atoms with Crippen LogP contribution in [0.2, 0.25) is 0 Å². The third-order valence-electron chi connectivity index (χ3n) is 7.64. The van der Waals surface area contributed by atoms with Gasteiger partial charge in [0.15, 0.2) is 0 Å². The van der Waals surface area contributed by atoms with E-state index in [1.807, 2.05) is 35.0 Å². The number of hydrogen-bond acceptors (Lipinski definition) is 11. The number of aromatic nitrogens is 1. The van der Waals surface area contributed by atoms with E-state index in [4.69, 9.17) is 18.6 Å². The van der Waals surface area contributed by atoms with Crippen LogP contribution in [0.25, 0.3) is 11.3 Å². The lowest BCUT2D eigenvalue weighted by Gasteiger charge is -2.52. The molecule has 9 nitrogen and oxygen atoms in total. The lowest BCUT2D eigenvalue weighted by Crippen LogP contribution is -2.62. The maximum atomic E-state index is 13.1. The van der Waals surface area contributed by atoms with Crippen molar-refractivity contribution in [3.05, 3.63) is 91.4 Å². The number of carbonyl (C=O) groups is 2. The summed E-state index contributed by atoms with van der Waals surface area (Å²) in [7, 11) is 0. The van der Waals surface area contributed by atoms with E-state index in [1.165, 1.54) is 22.7 Å². The maximum Gasteiger partial charge on any atom is 0.345 e. The Bertz CT molecular complexity index is 1580. The van der Waals surface area contributed by atoms with Crippen molar-refractivity contribution in [2.24, 2.45) is 5.92 Å². The Balaban J connectivity index is 1.32. The summed E-state index contributed by atoms with van der Waals surface area (Å²) in [6.07, 6.45) is 0.889. The second-order valence-corrected chi connectivity index (χ2v) is 12.4. The average Bonchev–Trinajstić information content (AvgIpc) is 3.64. The number of hydrogen-bond donors (Lipinski definition) is 1. The highest BCUT2D eigenvalue weighted by molar-refractivity contribution is 7.10. The van der Waals surface area contributed by atoms with Crippen molar-refractivity contribution in [3.8, 4) is 17.1 Å². The molecule has 212 valence electrons. The van der Waals surface area contributed by atoms with Crippen molar-refractivity contribution in [3.63, 3.8) is 0 Å². The quantitative estimate of drug-likeness (QED) is 0.303. The number of fused-ring (bicyclic) bond motifs is 2. The molecule has 6 rings (SSSR count). The maximum absolute atomic E-state index is 13.1. The van der Waals surface area contributed by atoms with Crippen LogP contribution in [0.3, 0.4) is 0 Å². The van der Waals surface area contributed by atoms with Gasteiger partial charge in [-0.15, -0.1) is 22.7 Å². The highest BCUT2D eigenvalue weighted by atomic mass is 32.1. The van der Waals surface area contributed by atoms with Gasteiger partial charge in [0.05, 0.1) is 18.9 Å². The minimum atomic E-state index is -1.31. The van der Waals surface area contributed by atoms with Crippen LogP contribution >= 0.6 is 22.7 Å². The Morgan fingerprint density at radius 2 is 1.76 bits per heavy atom. The molecule has 0 bridgehead atoms. The SMILES string of the molecule is C[C@@]12Oc3cc(-c4cccnc4)oc(=O)c3C(O)C1C[C@@H](OC(=O)Cc1cccs1)C[C@H]2OC(=O)Cc1cccs1. The van der Waals surface area contributed by atoms with Crippen molar-refractivity contribution in [2.45, 2.75) is 56.5 Å². The molecule has 1 aliphatic heterocycles. The van der Waals surface area contributed by atoms with Crippen molar-refractivity contribution in [1.82, 2.24) is 4.98 Å². The van der Waals surface area contributed by atoms with Gasteiger partial charge in [-0.1, -0.05) is 12.1 Å². The number of thiophene rings is 2. The summed E-state index contributed by atoms with van der Waals surface area (Å²) < 4.78 is 23.8. The fraction of sp³-hybridized carbons (Fsp3) is 0.333. The van der Waals surface area contributed by atoms with Gasteiger partial charge in [-0.05, 0) is 48.4 Å². The Kier molecular flexibility index (Phi) is 7.50. The smallest absolute Gasteiger partial charge is 0.345 e. The van der Waals surface area contributed by atoms with Crippen molar-refractivity contribution >= 4 is 34.6 Å². The van der Waals surface area contributed by atoms with Gasteiger partial charge in [0.25, 0.3) is 0 Å². The predicted octanol–water partition coefficient (Wildman–Crippen LogP) is 4.73. The van der Waals surface area contributed by atoms with Gasteiger partial charge in [-0.3, -0.25) is 14.6 Å². The van der Waals surface area contributed by atoms with Gasteiger partial charge in [-0.25, -0.2) is 4.79 Å². The van der Waals surface area contributed by atoms with Crippen LogP contribution in [0.1, 0.15) is 41.2 Å². The van der Waals surface area contributed by atoms with Crippen molar-refractivity contribution in [1.29, 1.82) is 0 Å². The molecule has 5 atom stereocenters. The number of nitrogens with zero attached hydrogens (tertiary/aromatic N) is 1. The molecule has 2 unspecified atom stereocenters. The first kappa shape index (κ1) is 27.4. The van der Waals surface area contributed by atoms with Crippen LogP contribution < -0.4 is 10.4 Å². The fourth-order valence-electron chi connectivity index (χ4n) is 5.63. The topological polar surface area (TPSA) is 125 Å². The summed E-state index contributed by atoms with van der Waals surface area (Å²) in [5.41, 5.74) is -1.40. The third-order valence-corrected chi connectivity index (χ3v) is 9.39. The molecule has 2 aliphatic rings. The Morgan fingerprint density at radius 1 is 1.05 bits per heavy atom. The molecule has 41 heavy (non-hydrogen) atoms. The van der Waals surface area contributed by atoms with Crippen LogP contribution in [0.4, 0.5) is 0 Å². The first-order valence-corrected chi connectivity index (χ1v) is 15.0. The molecular weight excluding hydrogens is 566 g/mol. The number of aliphatic hydroxyl groups is 1. The minimum absolute atomic E-state index is 0.0191. The van der Waals surface area contributed by atoms with Crippen molar-refractivity contribution in [2.75, 3.05) is 0 Å². The van der Waals surface area contributed by atoms with Gasteiger partial charge in [-0.2, -0.15) is 0 Å². The van der Waals surface area contributed by atoms with E-state index < -0.39 is 47.4 Å². The Labute approximate surface area is 243 Å². The predicted molar refractivity (Wildman–Crippen MR) is 151 cm³/mol. The highest BCUT2D eigenvalue weighted by Crippen LogP contribution is 2.51. The minimum Gasteiger partial charge on any atom is -0.482 e. The largest absolute Gasteiger partial charge is 0.482 e. The standard InChI is InChI=1S/C30H27NO8S2/c1-30-21(28(34)27-23(39-30)15-22(37-29(27)35)17-5-2-8-31-16-17)11-18(36-25(32)13-19-6-3-9-40-19)12-24(30)38-26(33)14-20-7-4-10-41-20/h2-10,15-16,18,21,24,28,34H,11-14H2,1H3/t18-,21?,24-,28?,30-/m1/s1. The van der Waals surface area contributed by atoms with E-state index in [2.05, 4.69) is 4.98 Å². The summed E-state index contributed by atoms with van der Waals surface area (Å²) >= 11 is 2.90. The third kappa shape index (κ3) is 5.57. The molecule has 0 spiro atoms.